The lowest BCUT2D eigenvalue weighted by Gasteiger charge is -2.33. The highest BCUT2D eigenvalue weighted by Crippen LogP contribution is 2.39. The minimum atomic E-state index is 0.0757. The van der Waals surface area contributed by atoms with Gasteiger partial charge in [-0.1, -0.05) is 50.2 Å². The fourth-order valence-electron chi connectivity index (χ4n) is 4.56. The molecule has 0 saturated heterocycles. The quantitative estimate of drug-likeness (QED) is 0.306. The Morgan fingerprint density at radius 1 is 0.576 bits per heavy atom. The molecule has 3 nitrogen and oxygen atoms in total. The molecule has 0 radical (unpaired) electrons. The van der Waals surface area contributed by atoms with E-state index >= 15 is 0 Å². The normalized spacial score (nSPS) is 12.2. The van der Waals surface area contributed by atoms with Gasteiger partial charge in [0.05, 0.1) is 0 Å². The lowest BCUT2D eigenvalue weighted by Crippen LogP contribution is -2.57. The fourth-order valence-corrected chi connectivity index (χ4v) is 4.56. The molecule has 0 aromatic heterocycles. The van der Waals surface area contributed by atoms with E-state index in [0.717, 1.165) is 39.8 Å². The third-order valence-corrected chi connectivity index (χ3v) is 5.99. The van der Waals surface area contributed by atoms with Crippen molar-refractivity contribution in [2.75, 3.05) is 0 Å². The Balaban J connectivity index is 0.00000111. The number of hydrogen-bond donors (Lipinski definition) is 0. The highest BCUT2D eigenvalue weighted by Gasteiger charge is 2.40. The molecule has 0 atom stereocenters. The number of hydrogen-bond acceptors (Lipinski definition) is 3. The first kappa shape index (κ1) is 21.2. The van der Waals surface area contributed by atoms with Gasteiger partial charge in [0, 0.05) is 17.6 Å². The highest BCUT2D eigenvalue weighted by atomic mass is 16.5. The summed E-state index contributed by atoms with van der Waals surface area (Å²) < 4.78 is 19.0. The predicted octanol–water partition coefficient (Wildman–Crippen LogP) is 6.16. The Kier molecular flexibility index (Phi) is 5.37. The molecule has 0 bridgehead atoms. The number of fused-ring (bicyclic) bond motifs is 4. The maximum atomic E-state index is 6.39. The van der Waals surface area contributed by atoms with Crippen LogP contribution >= 0.6 is 0 Å². The van der Waals surface area contributed by atoms with Gasteiger partial charge in [0.2, 0.25) is 0 Å². The number of benzene rings is 4. The van der Waals surface area contributed by atoms with Gasteiger partial charge < -0.3 is 14.2 Å². The topological polar surface area (TPSA) is 27.7 Å². The Hall–Kier alpha value is -3.66. The Morgan fingerprint density at radius 2 is 1.12 bits per heavy atom. The number of ether oxygens (including phenoxy) is 3. The van der Waals surface area contributed by atoms with Crippen LogP contribution in [0.2, 0.25) is 0 Å². The second kappa shape index (κ2) is 8.36. The third kappa shape index (κ3) is 3.76. The molecule has 0 N–H and O–H groups in total. The zero-order chi connectivity index (χ0) is 23.1. The second-order valence-electron chi connectivity index (χ2n) is 8.47. The third-order valence-electron chi connectivity index (χ3n) is 5.99. The van der Waals surface area contributed by atoms with E-state index in [9.17, 15) is 0 Å². The molecule has 6 rings (SSSR count). The van der Waals surface area contributed by atoms with E-state index in [4.69, 9.17) is 14.2 Å². The minimum Gasteiger partial charge on any atom is -0.458 e. The van der Waals surface area contributed by atoms with Crippen LogP contribution in [-0.2, 0) is 0 Å². The van der Waals surface area contributed by atoms with Crippen molar-refractivity contribution in [3.05, 3.63) is 89.5 Å². The Morgan fingerprint density at radius 3 is 1.67 bits per heavy atom. The van der Waals surface area contributed by atoms with Gasteiger partial charge in [-0.25, -0.2) is 0 Å². The molecular weight excluding hydrogens is 407 g/mol. The van der Waals surface area contributed by atoms with Crippen LogP contribution in [0.25, 0.3) is 0 Å². The molecule has 0 amide bonds. The van der Waals surface area contributed by atoms with E-state index in [1.54, 1.807) is 0 Å². The number of aryl methyl sites for hydroxylation is 3. The molecule has 4 aromatic carbocycles. The molecule has 2 heterocycles. The Bertz CT molecular complexity index is 1280. The minimum absolute atomic E-state index is 0.0757. The lowest BCUT2D eigenvalue weighted by molar-refractivity contribution is 0.442. The van der Waals surface area contributed by atoms with Gasteiger partial charge in [-0.3, -0.25) is 0 Å². The summed E-state index contributed by atoms with van der Waals surface area (Å²) in [5.74, 6) is 4.85. The highest BCUT2D eigenvalue weighted by molar-refractivity contribution is 6.98. The van der Waals surface area contributed by atoms with Crippen LogP contribution in [0.5, 0.6) is 34.5 Å². The smallest absolute Gasteiger partial charge is 0.260 e. The van der Waals surface area contributed by atoms with Gasteiger partial charge in [0.1, 0.15) is 34.5 Å². The maximum absolute atomic E-state index is 6.39. The van der Waals surface area contributed by atoms with E-state index < -0.39 is 0 Å². The monoisotopic (exact) mass is 434 g/mol. The van der Waals surface area contributed by atoms with Crippen LogP contribution in [0.3, 0.4) is 0 Å². The van der Waals surface area contributed by atoms with Crippen LogP contribution < -0.4 is 30.6 Å². The van der Waals surface area contributed by atoms with Crippen LogP contribution in [-0.4, -0.2) is 6.71 Å². The van der Waals surface area contributed by atoms with Crippen molar-refractivity contribution in [3.8, 4) is 34.5 Å². The van der Waals surface area contributed by atoms with Crippen LogP contribution in [0.1, 0.15) is 30.5 Å². The molecule has 0 saturated carbocycles. The molecule has 0 unspecified atom stereocenters. The largest absolute Gasteiger partial charge is 0.458 e. The van der Waals surface area contributed by atoms with E-state index in [0.29, 0.717) is 5.75 Å². The van der Waals surface area contributed by atoms with E-state index in [1.165, 1.54) is 22.1 Å². The van der Waals surface area contributed by atoms with E-state index in [1.807, 2.05) is 44.2 Å². The molecule has 4 heteroatoms. The molecule has 2 aliphatic rings. The van der Waals surface area contributed by atoms with Gasteiger partial charge >= 0.3 is 0 Å². The van der Waals surface area contributed by atoms with Crippen molar-refractivity contribution >= 4 is 23.1 Å². The molecule has 33 heavy (non-hydrogen) atoms. The first-order chi connectivity index (χ1) is 16.0. The van der Waals surface area contributed by atoms with Crippen molar-refractivity contribution in [2.24, 2.45) is 0 Å². The molecule has 2 aliphatic heterocycles. The first-order valence-corrected chi connectivity index (χ1v) is 11.5. The summed E-state index contributed by atoms with van der Waals surface area (Å²) in [6, 6.07) is 24.8. The average molecular weight is 434 g/mol. The van der Waals surface area contributed by atoms with Gasteiger partial charge in [0.15, 0.2) is 0 Å². The molecule has 164 valence electrons. The van der Waals surface area contributed by atoms with Gasteiger partial charge in [-0.05, 0) is 72.7 Å². The van der Waals surface area contributed by atoms with Crippen molar-refractivity contribution in [3.63, 3.8) is 0 Å². The summed E-state index contributed by atoms with van der Waals surface area (Å²) in [6.07, 6.45) is 0. The van der Waals surface area contributed by atoms with Crippen molar-refractivity contribution in [1.82, 2.24) is 0 Å². The van der Waals surface area contributed by atoms with E-state index in [2.05, 4.69) is 63.2 Å². The molecule has 4 aromatic rings. The predicted molar refractivity (Wildman–Crippen MR) is 136 cm³/mol. The van der Waals surface area contributed by atoms with E-state index in [-0.39, 0.29) is 6.71 Å². The molecule has 0 aliphatic carbocycles. The summed E-state index contributed by atoms with van der Waals surface area (Å²) in [5, 5.41) is 0. The van der Waals surface area contributed by atoms with Crippen LogP contribution in [0, 0.1) is 20.8 Å². The van der Waals surface area contributed by atoms with Gasteiger partial charge in [-0.15, -0.1) is 0 Å². The maximum Gasteiger partial charge on any atom is 0.260 e. The summed E-state index contributed by atoms with van der Waals surface area (Å²) in [5.41, 5.74) is 6.89. The first-order valence-electron chi connectivity index (χ1n) is 11.5. The second-order valence-corrected chi connectivity index (χ2v) is 8.47. The summed E-state index contributed by atoms with van der Waals surface area (Å²) >= 11 is 0. The summed E-state index contributed by atoms with van der Waals surface area (Å²) in [7, 11) is 0. The summed E-state index contributed by atoms with van der Waals surface area (Å²) in [6.45, 7) is 10.3. The molecule has 0 fully saturated rings. The van der Waals surface area contributed by atoms with Crippen molar-refractivity contribution in [1.29, 1.82) is 0 Å². The summed E-state index contributed by atoms with van der Waals surface area (Å²) in [4.78, 5) is 0. The zero-order valence-corrected chi connectivity index (χ0v) is 19.7. The Labute approximate surface area is 196 Å². The zero-order valence-electron chi connectivity index (χ0n) is 19.7. The van der Waals surface area contributed by atoms with Crippen LogP contribution in [0.15, 0.2) is 72.8 Å². The van der Waals surface area contributed by atoms with Crippen molar-refractivity contribution in [2.45, 2.75) is 34.6 Å². The molecule has 0 spiro atoms. The SMILES string of the molecule is CC.Cc1cccc(Oc2cc3c4c(c2)Oc2cc(C)ccc2B4c2ccc(C)cc2O3)c1. The van der Waals surface area contributed by atoms with Gasteiger partial charge in [0.25, 0.3) is 6.71 Å². The average Bonchev–Trinajstić information content (AvgIpc) is 2.79. The van der Waals surface area contributed by atoms with Gasteiger partial charge in [-0.2, -0.15) is 0 Å². The lowest BCUT2D eigenvalue weighted by atomic mass is 9.35. The fraction of sp³-hybridized carbons (Fsp3) is 0.172. The van der Waals surface area contributed by atoms with Crippen LogP contribution in [0.4, 0.5) is 0 Å². The standard InChI is InChI=1S/C27H21BO3.C2H6/c1-16-5-4-6-19(11-16)29-20-14-25-27-26(15-20)31-24-13-18(3)8-10-22(24)28(27)21-9-7-17(2)12-23(21)30-25;1-2/h4-15H,1-3H3;1-2H3. The molecular formula is C29H27BO3. The number of rotatable bonds is 2. The van der Waals surface area contributed by atoms with Crippen molar-refractivity contribution < 1.29 is 14.2 Å².